The smallest absolute Gasteiger partial charge is 0.418 e. The molecule has 0 aliphatic rings. The number of pyridine rings is 1. The predicted molar refractivity (Wildman–Crippen MR) is 60.7 cm³/mol. The van der Waals surface area contributed by atoms with Gasteiger partial charge in [0.05, 0.1) is 17.6 Å². The van der Waals surface area contributed by atoms with Gasteiger partial charge in [0.2, 0.25) is 0 Å². The van der Waals surface area contributed by atoms with Crippen molar-refractivity contribution >= 4 is 23.0 Å². The number of fused-ring (bicyclic) bond motifs is 1. The number of rotatable bonds is 2. The van der Waals surface area contributed by atoms with Crippen LogP contribution in [0.2, 0.25) is 0 Å². The molecule has 0 aliphatic heterocycles. The molecular weight excluding hydrogens is 222 g/mol. The summed E-state index contributed by atoms with van der Waals surface area (Å²) in [5, 5.41) is 0. The summed E-state index contributed by atoms with van der Waals surface area (Å²) in [5.41, 5.74) is 6.38. The van der Waals surface area contributed by atoms with Gasteiger partial charge < -0.3 is 10.5 Å². The van der Waals surface area contributed by atoms with Gasteiger partial charge in [0.1, 0.15) is 5.69 Å². The first-order valence-corrected chi connectivity index (χ1v) is 5.08. The zero-order chi connectivity index (χ0) is 12.4. The van der Waals surface area contributed by atoms with Gasteiger partial charge in [0.25, 0.3) is 5.91 Å². The maximum Gasteiger partial charge on any atom is 0.418 e. The molecule has 0 bridgehead atoms. The van der Waals surface area contributed by atoms with E-state index in [1.54, 1.807) is 25.3 Å². The summed E-state index contributed by atoms with van der Waals surface area (Å²) in [6.45, 7) is 2.03. The molecule has 2 N–H and O–H groups in total. The fourth-order valence-electron chi connectivity index (χ4n) is 1.51. The van der Waals surface area contributed by atoms with Crippen LogP contribution in [-0.2, 0) is 4.74 Å². The third kappa shape index (κ3) is 1.96. The molecule has 2 aromatic rings. The molecule has 17 heavy (non-hydrogen) atoms. The fourth-order valence-corrected chi connectivity index (χ4v) is 1.51. The predicted octanol–water partition coefficient (Wildman–Crippen LogP) is 1.14. The van der Waals surface area contributed by atoms with Crippen molar-refractivity contribution in [3.05, 3.63) is 30.1 Å². The van der Waals surface area contributed by atoms with Gasteiger partial charge in [-0.05, 0) is 25.1 Å². The van der Waals surface area contributed by atoms with E-state index >= 15 is 0 Å². The summed E-state index contributed by atoms with van der Waals surface area (Å²) < 4.78 is 6.21. The van der Waals surface area contributed by atoms with Crippen molar-refractivity contribution < 1.29 is 14.3 Å². The Labute approximate surface area is 97.0 Å². The molecule has 0 atom stereocenters. The Morgan fingerprint density at radius 1 is 1.41 bits per heavy atom. The average molecular weight is 233 g/mol. The molecule has 0 fully saturated rings. The van der Waals surface area contributed by atoms with Crippen molar-refractivity contribution in [3.63, 3.8) is 0 Å². The first-order valence-electron chi connectivity index (χ1n) is 5.08. The van der Waals surface area contributed by atoms with E-state index in [0.29, 0.717) is 17.6 Å². The number of hydrogen-bond acceptors (Lipinski definition) is 4. The van der Waals surface area contributed by atoms with E-state index in [-0.39, 0.29) is 5.69 Å². The highest BCUT2D eigenvalue weighted by Gasteiger charge is 2.11. The standard InChI is InChI=1S/C11H11N3O3/c1-2-17-11(16)14-6-5-7-9(14)4-3-8(13-7)10(12)15/h3-6H,2H2,1H3,(H2,12,15). The number of nitrogens with two attached hydrogens (primary N) is 1. The number of ether oxygens (including phenoxy) is 1. The Kier molecular flexibility index (Phi) is 2.78. The molecule has 0 spiro atoms. The topological polar surface area (TPSA) is 87.2 Å². The van der Waals surface area contributed by atoms with E-state index in [4.69, 9.17) is 10.5 Å². The van der Waals surface area contributed by atoms with Crippen LogP contribution in [0.1, 0.15) is 17.4 Å². The number of carbonyl (C=O) groups excluding carboxylic acids is 2. The van der Waals surface area contributed by atoms with Gasteiger partial charge in [0.15, 0.2) is 0 Å². The molecule has 6 heteroatoms. The van der Waals surface area contributed by atoms with E-state index in [1.807, 2.05) is 0 Å². The molecule has 0 aliphatic carbocycles. The van der Waals surface area contributed by atoms with Gasteiger partial charge >= 0.3 is 6.09 Å². The summed E-state index contributed by atoms with van der Waals surface area (Å²) in [7, 11) is 0. The Hall–Kier alpha value is -2.37. The summed E-state index contributed by atoms with van der Waals surface area (Å²) in [6.07, 6.45) is 1.07. The van der Waals surface area contributed by atoms with Gasteiger partial charge in [-0.15, -0.1) is 0 Å². The molecule has 2 aromatic heterocycles. The minimum absolute atomic E-state index is 0.166. The minimum atomic E-state index is -0.601. The van der Waals surface area contributed by atoms with Crippen LogP contribution in [0.5, 0.6) is 0 Å². The average Bonchev–Trinajstić information content (AvgIpc) is 2.71. The second-order valence-corrected chi connectivity index (χ2v) is 3.35. The number of aromatic nitrogens is 2. The SMILES string of the molecule is CCOC(=O)n1ccc2nc(C(N)=O)ccc21. The van der Waals surface area contributed by atoms with Crippen molar-refractivity contribution in [1.82, 2.24) is 9.55 Å². The van der Waals surface area contributed by atoms with Crippen molar-refractivity contribution in [2.75, 3.05) is 6.61 Å². The monoisotopic (exact) mass is 233 g/mol. The lowest BCUT2D eigenvalue weighted by molar-refractivity contribution is 0.0996. The zero-order valence-corrected chi connectivity index (χ0v) is 9.21. The molecule has 88 valence electrons. The number of nitrogens with zero attached hydrogens (tertiary/aromatic N) is 2. The summed E-state index contributed by atoms with van der Waals surface area (Å²) in [5.74, 6) is -0.601. The zero-order valence-electron chi connectivity index (χ0n) is 9.21. The van der Waals surface area contributed by atoms with Gasteiger partial charge in [-0.2, -0.15) is 0 Å². The van der Waals surface area contributed by atoms with Crippen LogP contribution in [-0.4, -0.2) is 28.2 Å². The molecule has 2 rings (SSSR count). The van der Waals surface area contributed by atoms with Crippen LogP contribution in [0.4, 0.5) is 4.79 Å². The maximum atomic E-state index is 11.6. The van der Waals surface area contributed by atoms with Crippen LogP contribution >= 0.6 is 0 Å². The Morgan fingerprint density at radius 2 is 2.18 bits per heavy atom. The van der Waals surface area contributed by atoms with E-state index in [9.17, 15) is 9.59 Å². The number of hydrogen-bond donors (Lipinski definition) is 1. The summed E-state index contributed by atoms with van der Waals surface area (Å²) in [4.78, 5) is 26.5. The fraction of sp³-hybridized carbons (Fsp3) is 0.182. The number of amides is 1. The third-order valence-electron chi connectivity index (χ3n) is 2.26. The maximum absolute atomic E-state index is 11.6. The second kappa shape index (κ2) is 4.25. The molecule has 0 radical (unpaired) electrons. The van der Waals surface area contributed by atoms with E-state index in [0.717, 1.165) is 0 Å². The van der Waals surface area contributed by atoms with Crippen LogP contribution in [0, 0.1) is 0 Å². The summed E-state index contributed by atoms with van der Waals surface area (Å²) in [6, 6.07) is 4.71. The Morgan fingerprint density at radius 3 is 2.82 bits per heavy atom. The highest BCUT2D eigenvalue weighted by Crippen LogP contribution is 2.14. The molecule has 6 nitrogen and oxygen atoms in total. The summed E-state index contributed by atoms with van der Waals surface area (Å²) >= 11 is 0. The number of carbonyl (C=O) groups is 2. The van der Waals surface area contributed by atoms with Crippen molar-refractivity contribution in [1.29, 1.82) is 0 Å². The normalized spacial score (nSPS) is 10.4. The highest BCUT2D eigenvalue weighted by molar-refractivity contribution is 5.94. The molecule has 0 saturated carbocycles. The first-order chi connectivity index (χ1) is 8.13. The second-order valence-electron chi connectivity index (χ2n) is 3.35. The lowest BCUT2D eigenvalue weighted by Crippen LogP contribution is -2.14. The Bertz CT molecular complexity index is 589. The van der Waals surface area contributed by atoms with Crippen molar-refractivity contribution in [2.45, 2.75) is 6.92 Å². The highest BCUT2D eigenvalue weighted by atomic mass is 16.5. The van der Waals surface area contributed by atoms with E-state index < -0.39 is 12.0 Å². The molecule has 0 aromatic carbocycles. The van der Waals surface area contributed by atoms with Crippen LogP contribution in [0.15, 0.2) is 24.4 Å². The van der Waals surface area contributed by atoms with Crippen LogP contribution in [0.3, 0.4) is 0 Å². The molecular formula is C11H11N3O3. The van der Waals surface area contributed by atoms with Crippen molar-refractivity contribution in [2.24, 2.45) is 5.73 Å². The van der Waals surface area contributed by atoms with Crippen LogP contribution in [0.25, 0.3) is 11.0 Å². The molecule has 2 heterocycles. The largest absolute Gasteiger partial charge is 0.449 e. The first kappa shape index (κ1) is 11.1. The molecule has 1 amide bonds. The van der Waals surface area contributed by atoms with Gasteiger partial charge in [0, 0.05) is 6.20 Å². The quantitative estimate of drug-likeness (QED) is 0.842. The molecule has 0 unspecified atom stereocenters. The van der Waals surface area contributed by atoms with Gasteiger partial charge in [-0.3, -0.25) is 9.36 Å². The third-order valence-corrected chi connectivity index (χ3v) is 2.26. The van der Waals surface area contributed by atoms with E-state index in [1.165, 1.54) is 10.6 Å². The van der Waals surface area contributed by atoms with E-state index in [2.05, 4.69) is 4.98 Å². The molecule has 0 saturated heterocycles. The lowest BCUT2D eigenvalue weighted by Gasteiger charge is -2.03. The van der Waals surface area contributed by atoms with Crippen molar-refractivity contribution in [3.8, 4) is 0 Å². The number of primary amides is 1. The lowest BCUT2D eigenvalue weighted by atomic mass is 10.3. The van der Waals surface area contributed by atoms with Gasteiger partial charge in [-0.1, -0.05) is 0 Å². The van der Waals surface area contributed by atoms with Gasteiger partial charge in [-0.25, -0.2) is 9.78 Å². The Balaban J connectivity index is 2.48. The minimum Gasteiger partial charge on any atom is -0.449 e. The van der Waals surface area contributed by atoms with Crippen LogP contribution < -0.4 is 5.73 Å².